The third-order valence-corrected chi connectivity index (χ3v) is 3.60. The van der Waals surface area contributed by atoms with Crippen molar-refractivity contribution in [1.29, 1.82) is 0 Å². The molecular weight excluding hydrogens is 264 g/mol. The predicted octanol–water partition coefficient (Wildman–Crippen LogP) is 4.09. The van der Waals surface area contributed by atoms with E-state index in [1.807, 2.05) is 6.07 Å². The molecule has 0 aromatic heterocycles. The van der Waals surface area contributed by atoms with Crippen molar-refractivity contribution >= 4 is 5.97 Å². The predicted molar refractivity (Wildman–Crippen MR) is 85.8 cm³/mol. The molecule has 1 rings (SSSR count). The molecule has 21 heavy (non-hydrogen) atoms. The van der Waals surface area contributed by atoms with Crippen molar-refractivity contribution in [1.82, 2.24) is 0 Å². The van der Waals surface area contributed by atoms with E-state index in [2.05, 4.69) is 41.5 Å². The van der Waals surface area contributed by atoms with E-state index in [0.717, 1.165) is 16.7 Å². The van der Waals surface area contributed by atoms with Gasteiger partial charge >= 0.3 is 5.97 Å². The first kappa shape index (κ1) is 17.5. The SMILES string of the molecule is COC(=O)CCc1ccc(O)c(C(C)(C)C)c1C(C)(C)C. The highest BCUT2D eigenvalue weighted by atomic mass is 16.5. The molecule has 0 radical (unpaired) electrons. The van der Waals surface area contributed by atoms with Crippen molar-refractivity contribution in [3.05, 3.63) is 28.8 Å². The van der Waals surface area contributed by atoms with Crippen LogP contribution in [0, 0.1) is 0 Å². The van der Waals surface area contributed by atoms with Gasteiger partial charge in [-0.25, -0.2) is 0 Å². The Morgan fingerprint density at radius 2 is 1.57 bits per heavy atom. The molecule has 0 amide bonds. The fraction of sp³-hybridized carbons (Fsp3) is 0.611. The van der Waals surface area contributed by atoms with E-state index >= 15 is 0 Å². The van der Waals surface area contributed by atoms with Crippen LogP contribution in [0.1, 0.15) is 64.7 Å². The molecule has 0 heterocycles. The number of hydrogen-bond acceptors (Lipinski definition) is 3. The van der Waals surface area contributed by atoms with Gasteiger partial charge in [-0.3, -0.25) is 4.79 Å². The van der Waals surface area contributed by atoms with E-state index in [1.54, 1.807) is 6.07 Å². The molecule has 0 atom stereocenters. The van der Waals surface area contributed by atoms with Gasteiger partial charge in [0.15, 0.2) is 0 Å². The van der Waals surface area contributed by atoms with Crippen LogP contribution in [0.25, 0.3) is 0 Å². The smallest absolute Gasteiger partial charge is 0.305 e. The van der Waals surface area contributed by atoms with Crippen LogP contribution in [0.5, 0.6) is 5.75 Å². The number of hydrogen-bond donors (Lipinski definition) is 1. The monoisotopic (exact) mass is 292 g/mol. The van der Waals surface area contributed by atoms with Gasteiger partial charge < -0.3 is 9.84 Å². The zero-order valence-electron chi connectivity index (χ0n) is 14.3. The van der Waals surface area contributed by atoms with Gasteiger partial charge in [0.2, 0.25) is 0 Å². The third-order valence-electron chi connectivity index (χ3n) is 3.60. The highest BCUT2D eigenvalue weighted by Crippen LogP contribution is 2.41. The molecule has 0 aliphatic heterocycles. The molecular formula is C18H28O3. The lowest BCUT2D eigenvalue weighted by Gasteiger charge is -2.33. The molecule has 3 nitrogen and oxygen atoms in total. The van der Waals surface area contributed by atoms with E-state index in [4.69, 9.17) is 4.74 Å². The molecule has 3 heteroatoms. The van der Waals surface area contributed by atoms with Crippen molar-refractivity contribution < 1.29 is 14.6 Å². The van der Waals surface area contributed by atoms with Crippen LogP contribution >= 0.6 is 0 Å². The Labute approximate surface area is 128 Å². The fourth-order valence-corrected chi connectivity index (χ4v) is 2.80. The summed E-state index contributed by atoms with van der Waals surface area (Å²) in [7, 11) is 1.41. The van der Waals surface area contributed by atoms with Gasteiger partial charge in [0.25, 0.3) is 0 Å². The Bertz CT molecular complexity index is 516. The summed E-state index contributed by atoms with van der Waals surface area (Å²) in [6.45, 7) is 12.7. The Kier molecular flexibility index (Phi) is 5.08. The van der Waals surface area contributed by atoms with Crippen molar-refractivity contribution in [3.63, 3.8) is 0 Å². The zero-order valence-corrected chi connectivity index (χ0v) is 14.3. The number of benzene rings is 1. The Morgan fingerprint density at radius 1 is 1.05 bits per heavy atom. The summed E-state index contributed by atoms with van der Waals surface area (Å²) in [4.78, 5) is 11.4. The summed E-state index contributed by atoms with van der Waals surface area (Å²) in [5, 5.41) is 10.3. The van der Waals surface area contributed by atoms with E-state index < -0.39 is 0 Å². The second-order valence-corrected chi connectivity index (χ2v) is 7.57. The van der Waals surface area contributed by atoms with E-state index in [-0.39, 0.29) is 16.8 Å². The first-order valence-corrected chi connectivity index (χ1v) is 7.41. The Morgan fingerprint density at radius 3 is 2.00 bits per heavy atom. The lowest BCUT2D eigenvalue weighted by atomic mass is 9.72. The van der Waals surface area contributed by atoms with Crippen molar-refractivity contribution in [2.75, 3.05) is 7.11 Å². The Balaban J connectivity index is 3.42. The maximum absolute atomic E-state index is 11.4. The van der Waals surface area contributed by atoms with Crippen LogP contribution in [0.2, 0.25) is 0 Å². The lowest BCUT2D eigenvalue weighted by molar-refractivity contribution is -0.140. The lowest BCUT2D eigenvalue weighted by Crippen LogP contribution is -2.24. The number of aromatic hydroxyl groups is 1. The van der Waals surface area contributed by atoms with E-state index in [9.17, 15) is 9.90 Å². The van der Waals surface area contributed by atoms with Crippen LogP contribution in [0.3, 0.4) is 0 Å². The molecule has 1 N–H and O–H groups in total. The molecule has 0 fully saturated rings. The van der Waals surface area contributed by atoms with Gasteiger partial charge in [-0.05, 0) is 34.4 Å². The number of phenolic OH excluding ortho intramolecular Hbond substituents is 1. The maximum atomic E-state index is 11.4. The topological polar surface area (TPSA) is 46.5 Å². The van der Waals surface area contributed by atoms with Crippen molar-refractivity contribution in [3.8, 4) is 5.75 Å². The molecule has 0 aliphatic carbocycles. The van der Waals surface area contributed by atoms with Crippen molar-refractivity contribution in [2.24, 2.45) is 0 Å². The van der Waals surface area contributed by atoms with Gasteiger partial charge in [-0.1, -0.05) is 47.6 Å². The first-order valence-electron chi connectivity index (χ1n) is 7.41. The summed E-state index contributed by atoms with van der Waals surface area (Å²) in [6.07, 6.45) is 0.983. The minimum atomic E-state index is -0.208. The van der Waals surface area contributed by atoms with Gasteiger partial charge in [0.1, 0.15) is 5.75 Å². The minimum absolute atomic E-state index is 0.104. The second kappa shape index (κ2) is 6.08. The third kappa shape index (κ3) is 4.23. The largest absolute Gasteiger partial charge is 0.508 e. The van der Waals surface area contributed by atoms with Crippen LogP contribution in [0.15, 0.2) is 12.1 Å². The number of phenols is 1. The second-order valence-electron chi connectivity index (χ2n) is 7.57. The van der Waals surface area contributed by atoms with Gasteiger partial charge in [-0.15, -0.1) is 0 Å². The zero-order chi connectivity index (χ0) is 16.4. The quantitative estimate of drug-likeness (QED) is 0.853. The fourth-order valence-electron chi connectivity index (χ4n) is 2.80. The van der Waals surface area contributed by atoms with Crippen LogP contribution < -0.4 is 0 Å². The maximum Gasteiger partial charge on any atom is 0.305 e. The van der Waals surface area contributed by atoms with Crippen LogP contribution in [-0.4, -0.2) is 18.2 Å². The molecule has 0 saturated heterocycles. The average molecular weight is 292 g/mol. The van der Waals surface area contributed by atoms with Crippen LogP contribution in [-0.2, 0) is 26.8 Å². The molecule has 0 spiro atoms. The number of carbonyl (C=O) groups excluding carboxylic acids is 1. The number of methoxy groups -OCH3 is 1. The number of aryl methyl sites for hydroxylation is 1. The molecule has 0 saturated carbocycles. The van der Waals surface area contributed by atoms with Gasteiger partial charge in [-0.2, -0.15) is 0 Å². The van der Waals surface area contributed by atoms with E-state index in [0.29, 0.717) is 18.6 Å². The number of rotatable bonds is 3. The summed E-state index contributed by atoms with van der Waals surface area (Å²) < 4.78 is 4.73. The number of ether oxygens (including phenoxy) is 1. The molecule has 118 valence electrons. The summed E-state index contributed by atoms with van der Waals surface area (Å²) in [5.41, 5.74) is 2.95. The number of carbonyl (C=O) groups is 1. The Hall–Kier alpha value is -1.51. The molecule has 0 bridgehead atoms. The van der Waals surface area contributed by atoms with E-state index in [1.165, 1.54) is 7.11 Å². The highest BCUT2D eigenvalue weighted by molar-refractivity contribution is 5.69. The van der Waals surface area contributed by atoms with Crippen molar-refractivity contribution in [2.45, 2.75) is 65.2 Å². The summed E-state index contributed by atoms with van der Waals surface area (Å²) in [6, 6.07) is 3.66. The molecule has 1 aromatic rings. The average Bonchev–Trinajstić information content (AvgIpc) is 2.33. The highest BCUT2D eigenvalue weighted by Gasteiger charge is 2.30. The molecule has 0 unspecified atom stereocenters. The van der Waals surface area contributed by atoms with Crippen LogP contribution in [0.4, 0.5) is 0 Å². The molecule has 1 aromatic carbocycles. The normalized spacial score (nSPS) is 12.3. The standard InChI is InChI=1S/C18H28O3/c1-17(2,3)15-12(9-11-14(20)21-7)8-10-13(19)16(15)18(4,5)6/h8,10,19H,9,11H2,1-7H3. The van der Waals surface area contributed by atoms with Gasteiger partial charge in [0, 0.05) is 12.0 Å². The number of esters is 1. The van der Waals surface area contributed by atoms with Gasteiger partial charge in [0.05, 0.1) is 7.11 Å². The first-order chi connectivity index (χ1) is 9.48. The summed E-state index contributed by atoms with van der Waals surface area (Å²) in [5.74, 6) is 0.120. The molecule has 0 aliphatic rings. The minimum Gasteiger partial charge on any atom is -0.508 e. The summed E-state index contributed by atoms with van der Waals surface area (Å²) >= 11 is 0.